The number of ether oxygens (including phenoxy) is 2. The molecule has 0 aromatic rings. The molecular weight excluding hydrogens is 500 g/mol. The summed E-state index contributed by atoms with van der Waals surface area (Å²) in [5, 5.41) is 83.0. The molecule has 0 aromatic heterocycles. The fourth-order valence-electron chi connectivity index (χ4n) is 9.56. The Morgan fingerprint density at radius 3 is 2.39 bits per heavy atom. The van der Waals surface area contributed by atoms with Crippen molar-refractivity contribution in [1.82, 2.24) is 0 Å². The third kappa shape index (κ3) is 4.08. The predicted molar refractivity (Wildman–Crippen MR) is 130 cm³/mol. The monoisotopic (exact) mass is 544 g/mol. The molecule has 11 nitrogen and oxygen atoms in total. The average molecular weight is 545 g/mol. The molecule has 0 aromatic carbocycles. The van der Waals surface area contributed by atoms with E-state index in [2.05, 4.69) is 6.92 Å². The van der Waals surface area contributed by atoms with Crippen LogP contribution in [0.3, 0.4) is 0 Å². The molecule has 0 spiro atoms. The Kier molecular flexibility index (Phi) is 7.45. The van der Waals surface area contributed by atoms with Gasteiger partial charge in [0.25, 0.3) is 0 Å². The molecule has 5 rings (SSSR count). The minimum Gasteiger partial charge on any atom is -0.479 e. The highest BCUT2D eigenvalue weighted by molar-refractivity contribution is 5.73. The Morgan fingerprint density at radius 2 is 1.74 bits per heavy atom. The van der Waals surface area contributed by atoms with Gasteiger partial charge in [0, 0.05) is 5.41 Å². The van der Waals surface area contributed by atoms with Crippen molar-refractivity contribution in [2.24, 2.45) is 34.5 Å². The Morgan fingerprint density at radius 1 is 1.03 bits per heavy atom. The molecule has 0 amide bonds. The van der Waals surface area contributed by atoms with E-state index in [4.69, 9.17) is 9.47 Å². The molecule has 4 aliphatic carbocycles. The van der Waals surface area contributed by atoms with Crippen LogP contribution < -0.4 is 0 Å². The highest BCUT2D eigenvalue weighted by Crippen LogP contribution is 2.68. The van der Waals surface area contributed by atoms with Crippen molar-refractivity contribution >= 4 is 5.97 Å². The standard InChI is InChI=1S/C27H44O11/c1-25-7-5-13(37-24-21(33)19(31)20(32)22(38-24)23(34)35)9-12(25)3-4-14-15-6-8-27(36,17(30)11-28)26(15,2)10-16(29)18(14)25/h12-22,24,28-33,36H,3-11H2,1-2H3,(H,34,35)/t12-,13+,14-,15-,16-,17+,18+,19-,20-,21+,22-,24+,25-,26-,27-/m0/s1. The van der Waals surface area contributed by atoms with E-state index in [0.717, 1.165) is 25.7 Å². The maximum atomic E-state index is 11.6. The smallest absolute Gasteiger partial charge is 0.335 e. The molecule has 8 N–H and O–H groups in total. The summed E-state index contributed by atoms with van der Waals surface area (Å²) in [6.07, 6.45) is -5.22. The van der Waals surface area contributed by atoms with Crippen molar-refractivity contribution in [3.8, 4) is 0 Å². The lowest BCUT2D eigenvalue weighted by Gasteiger charge is -2.63. The predicted octanol–water partition coefficient (Wildman–Crippen LogP) is -0.638. The van der Waals surface area contributed by atoms with Crippen LogP contribution in [0.25, 0.3) is 0 Å². The summed E-state index contributed by atoms with van der Waals surface area (Å²) in [5.41, 5.74) is -2.32. The zero-order valence-electron chi connectivity index (χ0n) is 22.1. The molecule has 4 saturated carbocycles. The van der Waals surface area contributed by atoms with Crippen molar-refractivity contribution < 1.29 is 55.1 Å². The zero-order valence-corrected chi connectivity index (χ0v) is 22.1. The van der Waals surface area contributed by atoms with Crippen molar-refractivity contribution in [1.29, 1.82) is 0 Å². The number of aliphatic hydroxyl groups is 7. The minimum absolute atomic E-state index is 0.0128. The van der Waals surface area contributed by atoms with Crippen LogP contribution >= 0.6 is 0 Å². The second-order valence-corrected chi connectivity index (χ2v) is 13.2. The third-order valence-corrected chi connectivity index (χ3v) is 11.6. The number of carbonyl (C=O) groups is 1. The molecular formula is C27H44O11. The van der Waals surface area contributed by atoms with Crippen LogP contribution in [0.2, 0.25) is 0 Å². The largest absolute Gasteiger partial charge is 0.479 e. The van der Waals surface area contributed by atoms with Gasteiger partial charge < -0.3 is 50.3 Å². The highest BCUT2D eigenvalue weighted by Gasteiger charge is 2.68. The van der Waals surface area contributed by atoms with Gasteiger partial charge in [0.15, 0.2) is 12.4 Å². The number of carboxylic acid groups (broad SMARTS) is 1. The molecule has 5 fully saturated rings. The average Bonchev–Trinajstić information content (AvgIpc) is 3.14. The summed E-state index contributed by atoms with van der Waals surface area (Å²) in [6, 6.07) is 0. The van der Waals surface area contributed by atoms with Crippen LogP contribution in [0.4, 0.5) is 0 Å². The van der Waals surface area contributed by atoms with Crippen LogP contribution in [-0.2, 0) is 14.3 Å². The normalized spacial score (nSPS) is 55.4. The molecule has 11 heteroatoms. The summed E-state index contributed by atoms with van der Waals surface area (Å²) in [6.45, 7) is 3.65. The van der Waals surface area contributed by atoms with E-state index in [9.17, 15) is 45.6 Å². The van der Waals surface area contributed by atoms with E-state index in [1.165, 1.54) is 0 Å². The molecule has 1 saturated heterocycles. The molecule has 1 heterocycles. The molecule has 218 valence electrons. The Bertz CT molecular complexity index is 902. The first-order valence-corrected chi connectivity index (χ1v) is 14.1. The van der Waals surface area contributed by atoms with Gasteiger partial charge in [-0.3, -0.25) is 0 Å². The molecule has 0 bridgehead atoms. The van der Waals surface area contributed by atoms with E-state index in [1.807, 2.05) is 6.92 Å². The van der Waals surface area contributed by atoms with Crippen LogP contribution in [0.15, 0.2) is 0 Å². The summed E-state index contributed by atoms with van der Waals surface area (Å²) in [7, 11) is 0. The highest BCUT2D eigenvalue weighted by atomic mass is 16.7. The van der Waals surface area contributed by atoms with Crippen molar-refractivity contribution in [2.75, 3.05) is 6.61 Å². The summed E-state index contributed by atoms with van der Waals surface area (Å²) in [5.74, 6) is -0.926. The summed E-state index contributed by atoms with van der Waals surface area (Å²) in [4.78, 5) is 11.4. The number of hydrogen-bond donors (Lipinski definition) is 8. The van der Waals surface area contributed by atoms with E-state index in [1.54, 1.807) is 0 Å². The first-order valence-electron chi connectivity index (χ1n) is 14.1. The number of hydrogen-bond acceptors (Lipinski definition) is 10. The van der Waals surface area contributed by atoms with Gasteiger partial charge in [-0.15, -0.1) is 0 Å². The number of rotatable bonds is 5. The Balaban J connectivity index is 1.30. The molecule has 38 heavy (non-hydrogen) atoms. The van der Waals surface area contributed by atoms with Crippen LogP contribution in [0, 0.1) is 34.5 Å². The Labute approximate surface area is 222 Å². The van der Waals surface area contributed by atoms with Gasteiger partial charge in [0.1, 0.15) is 24.4 Å². The summed E-state index contributed by atoms with van der Waals surface area (Å²) >= 11 is 0. The lowest BCUT2D eigenvalue weighted by Crippen LogP contribution is -2.64. The lowest BCUT2D eigenvalue weighted by molar-refractivity contribution is -0.310. The zero-order chi connectivity index (χ0) is 27.8. The fourth-order valence-corrected chi connectivity index (χ4v) is 9.56. The second-order valence-electron chi connectivity index (χ2n) is 13.2. The van der Waals surface area contributed by atoms with Crippen LogP contribution in [-0.4, -0.2) is 108 Å². The first-order chi connectivity index (χ1) is 17.8. The van der Waals surface area contributed by atoms with E-state index in [0.29, 0.717) is 25.7 Å². The number of fused-ring (bicyclic) bond motifs is 5. The van der Waals surface area contributed by atoms with Crippen LogP contribution in [0.5, 0.6) is 0 Å². The number of carboxylic acids is 1. The first kappa shape index (κ1) is 28.6. The Hall–Kier alpha value is -0.890. The number of aliphatic hydroxyl groups excluding tert-OH is 6. The fraction of sp³-hybridized carbons (Fsp3) is 0.963. The van der Waals surface area contributed by atoms with Gasteiger partial charge in [-0.1, -0.05) is 13.8 Å². The third-order valence-electron chi connectivity index (χ3n) is 11.6. The molecule has 1 aliphatic heterocycles. The van der Waals surface area contributed by atoms with Crippen LogP contribution in [0.1, 0.15) is 65.2 Å². The van der Waals surface area contributed by atoms with Crippen molar-refractivity contribution in [3.05, 3.63) is 0 Å². The summed E-state index contributed by atoms with van der Waals surface area (Å²) < 4.78 is 11.3. The maximum absolute atomic E-state index is 11.6. The molecule has 0 unspecified atom stereocenters. The molecule has 15 atom stereocenters. The van der Waals surface area contributed by atoms with Crippen molar-refractivity contribution in [3.63, 3.8) is 0 Å². The van der Waals surface area contributed by atoms with Gasteiger partial charge in [0.2, 0.25) is 0 Å². The quantitative estimate of drug-likeness (QED) is 0.205. The number of aliphatic carboxylic acids is 1. The van der Waals surface area contributed by atoms with E-state index < -0.39 is 66.5 Å². The van der Waals surface area contributed by atoms with E-state index in [-0.39, 0.29) is 35.2 Å². The van der Waals surface area contributed by atoms with E-state index >= 15 is 0 Å². The van der Waals surface area contributed by atoms with Gasteiger partial charge in [0.05, 0.1) is 24.4 Å². The topological polar surface area (TPSA) is 197 Å². The molecule has 0 radical (unpaired) electrons. The molecule has 5 aliphatic rings. The SMILES string of the molecule is C[C@]12CC[C@@H](O[C@@H]3O[C@H](C(=O)O)[C@@H](O)[C@H](O)[C@H]3O)C[C@@H]1CC[C@@H]1[C@@H]2[C@@H](O)C[C@@]2(C)[C@H]1CC[C@]2(O)[C@H](O)CO. The van der Waals surface area contributed by atoms with Gasteiger partial charge in [-0.25, -0.2) is 4.79 Å². The van der Waals surface area contributed by atoms with Gasteiger partial charge in [-0.2, -0.15) is 0 Å². The lowest BCUT2D eigenvalue weighted by atomic mass is 9.43. The maximum Gasteiger partial charge on any atom is 0.335 e. The second kappa shape index (κ2) is 9.88. The van der Waals surface area contributed by atoms with Crippen molar-refractivity contribution in [2.45, 2.75) is 120 Å². The van der Waals surface area contributed by atoms with Gasteiger partial charge >= 0.3 is 5.97 Å². The minimum atomic E-state index is -1.77. The van der Waals surface area contributed by atoms with Gasteiger partial charge in [-0.05, 0) is 80.5 Å².